The van der Waals surface area contributed by atoms with E-state index in [0.29, 0.717) is 30.9 Å². The third kappa shape index (κ3) is 4.78. The van der Waals surface area contributed by atoms with Gasteiger partial charge in [-0.1, -0.05) is 44.3 Å². The zero-order chi connectivity index (χ0) is 18.6. The van der Waals surface area contributed by atoms with Crippen LogP contribution in [0.2, 0.25) is 0 Å². The molecule has 0 spiro atoms. The Balaban J connectivity index is 2.18. The maximum absolute atomic E-state index is 12.6. The number of amides is 2. The zero-order valence-corrected chi connectivity index (χ0v) is 16.3. The van der Waals surface area contributed by atoms with Crippen LogP contribution in [0, 0.1) is 0 Å². The number of anilines is 1. The van der Waals surface area contributed by atoms with Gasteiger partial charge in [-0.25, -0.2) is 9.69 Å². The van der Waals surface area contributed by atoms with Crippen molar-refractivity contribution in [1.82, 2.24) is 15.1 Å². The van der Waals surface area contributed by atoms with Gasteiger partial charge in [0.15, 0.2) is 6.23 Å². The van der Waals surface area contributed by atoms with Gasteiger partial charge in [-0.2, -0.15) is 0 Å². The first kappa shape index (κ1) is 19.4. The number of urea groups is 1. The van der Waals surface area contributed by atoms with E-state index in [0.717, 1.165) is 5.01 Å². The molecule has 0 aromatic carbocycles. The predicted molar refractivity (Wildman–Crippen MR) is 97.7 cm³/mol. The van der Waals surface area contributed by atoms with E-state index in [4.69, 9.17) is 4.74 Å². The first-order valence-electron chi connectivity index (χ1n) is 8.43. The van der Waals surface area contributed by atoms with Gasteiger partial charge in [-0.15, -0.1) is 10.2 Å². The highest BCUT2D eigenvalue weighted by Gasteiger charge is 2.37. The van der Waals surface area contributed by atoms with Gasteiger partial charge in [0.2, 0.25) is 5.13 Å². The maximum atomic E-state index is 12.6. The highest BCUT2D eigenvalue weighted by atomic mass is 32.1. The topological polar surface area (TPSA) is 75.6 Å². The van der Waals surface area contributed by atoms with Crippen molar-refractivity contribution >= 4 is 28.5 Å². The van der Waals surface area contributed by atoms with E-state index in [1.807, 2.05) is 39.8 Å². The number of hydrogen-bond acceptors (Lipinski definition) is 6. The van der Waals surface area contributed by atoms with Gasteiger partial charge in [0.05, 0.1) is 0 Å². The van der Waals surface area contributed by atoms with Crippen LogP contribution in [0.25, 0.3) is 0 Å². The summed E-state index contributed by atoms with van der Waals surface area (Å²) < 4.78 is 5.56. The predicted octanol–water partition coefficient (Wildman–Crippen LogP) is 3.32. The van der Waals surface area contributed by atoms with E-state index in [1.54, 1.807) is 11.9 Å². The number of esters is 1. The Morgan fingerprint density at radius 1 is 1.40 bits per heavy atom. The summed E-state index contributed by atoms with van der Waals surface area (Å²) in [4.78, 5) is 27.7. The van der Waals surface area contributed by atoms with Crippen LogP contribution in [-0.4, -0.2) is 46.9 Å². The molecule has 1 atom stereocenters. The fourth-order valence-electron chi connectivity index (χ4n) is 2.35. The first-order chi connectivity index (χ1) is 11.7. The van der Waals surface area contributed by atoms with Gasteiger partial charge in [0, 0.05) is 31.8 Å². The van der Waals surface area contributed by atoms with Crippen LogP contribution in [-0.2, 0) is 14.9 Å². The second-order valence-electron chi connectivity index (χ2n) is 7.05. The Labute approximate surface area is 152 Å². The van der Waals surface area contributed by atoms with Gasteiger partial charge in [-0.3, -0.25) is 4.79 Å². The summed E-state index contributed by atoms with van der Waals surface area (Å²) in [6.45, 7) is 8.57. The van der Waals surface area contributed by atoms with Gasteiger partial charge in [0.1, 0.15) is 5.01 Å². The van der Waals surface area contributed by atoms with Crippen molar-refractivity contribution in [2.75, 3.05) is 18.5 Å². The summed E-state index contributed by atoms with van der Waals surface area (Å²) in [5.41, 5.74) is -0.153. The normalized spacial score (nSPS) is 18.9. The fourth-order valence-corrected chi connectivity index (χ4v) is 3.28. The molecule has 1 aromatic rings. The highest BCUT2D eigenvalue weighted by molar-refractivity contribution is 7.15. The second kappa shape index (κ2) is 7.95. The van der Waals surface area contributed by atoms with Gasteiger partial charge in [-0.05, 0) is 13.3 Å². The molecule has 0 radical (unpaired) electrons. The molecule has 1 aromatic heterocycles. The number of nitrogens with zero attached hydrogens (tertiary/aromatic N) is 4. The molecule has 0 aliphatic carbocycles. The van der Waals surface area contributed by atoms with Crippen molar-refractivity contribution < 1.29 is 14.3 Å². The van der Waals surface area contributed by atoms with Crippen LogP contribution in [0.1, 0.15) is 52.0 Å². The summed E-state index contributed by atoms with van der Waals surface area (Å²) in [7, 11) is 1.73. The van der Waals surface area contributed by atoms with Crippen LogP contribution in [0.15, 0.2) is 12.2 Å². The molecular formula is C17H26N4O3S. The quantitative estimate of drug-likeness (QED) is 0.590. The molecule has 2 heterocycles. The SMILES string of the molecule is CC=CCCC(=O)OC1CCN(C)C(=O)N1c1nnc(C(C)(C)C)s1. The lowest BCUT2D eigenvalue weighted by Crippen LogP contribution is -2.54. The molecule has 1 aliphatic heterocycles. The fraction of sp³-hybridized carbons (Fsp3) is 0.647. The minimum Gasteiger partial charge on any atom is -0.441 e. The summed E-state index contributed by atoms with van der Waals surface area (Å²) in [5.74, 6) is -0.314. The van der Waals surface area contributed by atoms with Gasteiger partial charge >= 0.3 is 12.0 Å². The Hall–Kier alpha value is -1.96. The molecule has 25 heavy (non-hydrogen) atoms. The number of carbonyl (C=O) groups excluding carboxylic acids is 2. The van der Waals surface area contributed by atoms with E-state index in [9.17, 15) is 9.59 Å². The molecule has 0 saturated carbocycles. The molecule has 2 rings (SSSR count). The van der Waals surface area contributed by atoms with Crippen LogP contribution in [0.3, 0.4) is 0 Å². The summed E-state index contributed by atoms with van der Waals surface area (Å²) in [5, 5.41) is 9.67. The first-order valence-corrected chi connectivity index (χ1v) is 9.24. The number of aromatic nitrogens is 2. The van der Waals surface area contributed by atoms with E-state index < -0.39 is 6.23 Å². The molecule has 1 saturated heterocycles. The Kier molecular flexibility index (Phi) is 6.16. The number of rotatable bonds is 5. The molecule has 1 aliphatic rings. The van der Waals surface area contributed by atoms with Crippen molar-refractivity contribution in [2.45, 2.75) is 58.6 Å². The van der Waals surface area contributed by atoms with Crippen molar-refractivity contribution in [1.29, 1.82) is 0 Å². The second-order valence-corrected chi connectivity index (χ2v) is 8.01. The van der Waals surface area contributed by atoms with E-state index in [-0.39, 0.29) is 17.4 Å². The number of carbonyl (C=O) groups is 2. The highest BCUT2D eigenvalue weighted by Crippen LogP contribution is 2.33. The third-order valence-electron chi connectivity index (χ3n) is 3.81. The van der Waals surface area contributed by atoms with Crippen LogP contribution < -0.4 is 4.90 Å². The van der Waals surface area contributed by atoms with Crippen molar-refractivity contribution in [2.24, 2.45) is 0 Å². The number of ether oxygens (including phenoxy) is 1. The van der Waals surface area contributed by atoms with Gasteiger partial charge < -0.3 is 9.64 Å². The molecule has 138 valence electrons. The molecule has 2 amide bonds. The average molecular weight is 366 g/mol. The smallest absolute Gasteiger partial charge is 0.329 e. The van der Waals surface area contributed by atoms with Crippen LogP contribution >= 0.6 is 11.3 Å². The van der Waals surface area contributed by atoms with E-state index in [2.05, 4.69) is 10.2 Å². The van der Waals surface area contributed by atoms with E-state index in [1.165, 1.54) is 16.2 Å². The van der Waals surface area contributed by atoms with Crippen molar-refractivity contribution in [3.63, 3.8) is 0 Å². The molecular weight excluding hydrogens is 340 g/mol. The lowest BCUT2D eigenvalue weighted by Gasteiger charge is -2.37. The maximum Gasteiger partial charge on any atom is 0.329 e. The molecule has 1 fully saturated rings. The number of hydrogen-bond donors (Lipinski definition) is 0. The minimum absolute atomic E-state index is 0.153. The van der Waals surface area contributed by atoms with E-state index >= 15 is 0 Å². The molecule has 0 bridgehead atoms. The van der Waals surface area contributed by atoms with Crippen LogP contribution in [0.5, 0.6) is 0 Å². The third-order valence-corrected chi connectivity index (χ3v) is 5.16. The van der Waals surface area contributed by atoms with Crippen molar-refractivity contribution in [3.8, 4) is 0 Å². The Bertz CT molecular complexity index is 651. The Morgan fingerprint density at radius 3 is 2.72 bits per heavy atom. The monoisotopic (exact) mass is 366 g/mol. The molecule has 7 nitrogen and oxygen atoms in total. The summed E-state index contributed by atoms with van der Waals surface area (Å²) >= 11 is 1.36. The standard InChI is InChI=1S/C17H26N4O3S/c1-6-7-8-9-13(22)24-12-10-11-20(5)16(23)21(12)15-19-18-14(25-15)17(2,3)4/h6-7,12H,8-11H2,1-5H3. The molecule has 1 unspecified atom stereocenters. The van der Waals surface area contributed by atoms with Gasteiger partial charge in [0.25, 0.3) is 0 Å². The summed E-state index contributed by atoms with van der Waals surface area (Å²) in [6, 6.07) is -0.228. The summed E-state index contributed by atoms with van der Waals surface area (Å²) in [6.07, 6.45) is 4.64. The Morgan fingerprint density at radius 2 is 2.12 bits per heavy atom. The lowest BCUT2D eigenvalue weighted by atomic mass is 9.98. The lowest BCUT2D eigenvalue weighted by molar-refractivity contribution is -0.149. The average Bonchev–Trinajstić information content (AvgIpc) is 3.01. The minimum atomic E-state index is -0.637. The molecule has 8 heteroatoms. The number of allylic oxidation sites excluding steroid dienone is 2. The molecule has 0 N–H and O–H groups in total. The zero-order valence-electron chi connectivity index (χ0n) is 15.5. The largest absolute Gasteiger partial charge is 0.441 e. The van der Waals surface area contributed by atoms with Crippen molar-refractivity contribution in [3.05, 3.63) is 17.2 Å². The van der Waals surface area contributed by atoms with Crippen LogP contribution in [0.4, 0.5) is 9.93 Å².